The van der Waals surface area contributed by atoms with Crippen molar-refractivity contribution in [1.29, 1.82) is 0 Å². The molecule has 1 N–H and O–H groups in total. The van der Waals surface area contributed by atoms with Gasteiger partial charge in [-0.3, -0.25) is 14.5 Å². The number of nitrogens with zero attached hydrogens (tertiary/aromatic N) is 2. The third-order valence-electron chi connectivity index (χ3n) is 2.67. The summed E-state index contributed by atoms with van der Waals surface area (Å²) in [6.45, 7) is 3.94. The molecule has 1 heterocycles. The van der Waals surface area contributed by atoms with Gasteiger partial charge in [0.2, 0.25) is 5.91 Å². The number of aliphatic carboxylic acids is 1. The van der Waals surface area contributed by atoms with Crippen LogP contribution in [0.5, 0.6) is 0 Å². The van der Waals surface area contributed by atoms with Crippen molar-refractivity contribution in [2.75, 3.05) is 6.54 Å². The normalized spacial score (nSPS) is 20.4. The first kappa shape index (κ1) is 14.3. The molecular formula is C14H14N2O3S. The zero-order valence-electron chi connectivity index (χ0n) is 10.7. The summed E-state index contributed by atoms with van der Waals surface area (Å²) in [7, 11) is 0. The molecule has 0 bridgehead atoms. The highest BCUT2D eigenvalue weighted by Crippen LogP contribution is 2.31. The number of amides is 1. The van der Waals surface area contributed by atoms with Crippen LogP contribution in [-0.4, -0.2) is 38.8 Å². The molecule has 1 aromatic rings. The quantitative estimate of drug-likeness (QED) is 0.845. The topological polar surface area (TPSA) is 70.0 Å². The average molecular weight is 290 g/mol. The Balaban J connectivity index is 2.26. The lowest BCUT2D eigenvalue weighted by Gasteiger charge is -2.13. The van der Waals surface area contributed by atoms with Crippen LogP contribution in [0.1, 0.15) is 6.42 Å². The number of aliphatic imine (C=N–C) groups is 1. The first-order valence-corrected chi connectivity index (χ1v) is 6.94. The van der Waals surface area contributed by atoms with Gasteiger partial charge in [0.1, 0.15) is 5.25 Å². The molecule has 1 amide bonds. The van der Waals surface area contributed by atoms with E-state index in [1.54, 1.807) is 6.08 Å². The van der Waals surface area contributed by atoms with Gasteiger partial charge in [-0.15, -0.1) is 6.58 Å². The second-order valence-corrected chi connectivity index (χ2v) is 5.34. The molecular weight excluding hydrogens is 276 g/mol. The number of carboxylic acids is 1. The van der Waals surface area contributed by atoms with Crippen LogP contribution in [0, 0.1) is 0 Å². The van der Waals surface area contributed by atoms with Crippen LogP contribution in [-0.2, 0) is 9.59 Å². The van der Waals surface area contributed by atoms with Crippen molar-refractivity contribution in [1.82, 2.24) is 4.90 Å². The predicted molar refractivity (Wildman–Crippen MR) is 79.1 cm³/mol. The largest absolute Gasteiger partial charge is 0.481 e. The van der Waals surface area contributed by atoms with Crippen molar-refractivity contribution in [3.63, 3.8) is 0 Å². The molecule has 0 aliphatic carbocycles. The van der Waals surface area contributed by atoms with Crippen LogP contribution in [0.15, 0.2) is 48.0 Å². The highest BCUT2D eigenvalue weighted by Gasteiger charge is 2.38. The van der Waals surface area contributed by atoms with Crippen LogP contribution in [0.2, 0.25) is 0 Å². The molecule has 1 atom stereocenters. The summed E-state index contributed by atoms with van der Waals surface area (Å²) in [6.07, 6.45) is 1.40. The number of rotatable bonds is 5. The molecule has 2 rings (SSSR count). The maximum atomic E-state index is 12.1. The number of benzene rings is 1. The number of carbonyl (C=O) groups is 2. The summed E-state index contributed by atoms with van der Waals surface area (Å²) in [4.78, 5) is 28.8. The minimum Gasteiger partial charge on any atom is -0.481 e. The molecule has 0 spiro atoms. The van der Waals surface area contributed by atoms with Gasteiger partial charge < -0.3 is 5.11 Å². The molecule has 1 saturated heterocycles. The third kappa shape index (κ3) is 3.27. The highest BCUT2D eigenvalue weighted by molar-refractivity contribution is 8.15. The smallest absolute Gasteiger partial charge is 0.305 e. The van der Waals surface area contributed by atoms with E-state index < -0.39 is 11.2 Å². The van der Waals surface area contributed by atoms with Gasteiger partial charge in [0, 0.05) is 6.54 Å². The monoisotopic (exact) mass is 290 g/mol. The van der Waals surface area contributed by atoms with E-state index in [0.29, 0.717) is 11.7 Å². The van der Waals surface area contributed by atoms with E-state index in [1.807, 2.05) is 30.3 Å². The summed E-state index contributed by atoms with van der Waals surface area (Å²) < 4.78 is 0. The Hall–Kier alpha value is -2.08. The number of thioether (sulfide) groups is 1. The predicted octanol–water partition coefficient (Wildman–Crippen LogP) is 2.28. The fourth-order valence-electron chi connectivity index (χ4n) is 1.79. The van der Waals surface area contributed by atoms with Crippen LogP contribution in [0.3, 0.4) is 0 Å². The van der Waals surface area contributed by atoms with Crippen LogP contribution < -0.4 is 0 Å². The highest BCUT2D eigenvalue weighted by atomic mass is 32.2. The Labute approximate surface area is 121 Å². The minimum absolute atomic E-state index is 0.203. The van der Waals surface area contributed by atoms with Gasteiger partial charge in [0.05, 0.1) is 12.1 Å². The van der Waals surface area contributed by atoms with Gasteiger partial charge in [-0.2, -0.15) is 0 Å². The molecule has 1 unspecified atom stereocenters. The SMILES string of the molecule is C=CCN1C(=O)C(CC(=O)O)SC1=Nc1ccccc1. The Bertz CT molecular complexity index is 557. The van der Waals surface area contributed by atoms with Crippen molar-refractivity contribution >= 4 is 34.5 Å². The molecule has 0 aromatic heterocycles. The molecule has 6 heteroatoms. The second-order valence-electron chi connectivity index (χ2n) is 4.17. The number of carboxylic acid groups (broad SMARTS) is 1. The fraction of sp³-hybridized carbons (Fsp3) is 0.214. The first-order chi connectivity index (χ1) is 9.61. The van der Waals surface area contributed by atoms with Crippen molar-refractivity contribution in [2.24, 2.45) is 4.99 Å². The van der Waals surface area contributed by atoms with Crippen molar-refractivity contribution in [3.8, 4) is 0 Å². The number of hydrogen-bond donors (Lipinski definition) is 1. The van der Waals surface area contributed by atoms with Gasteiger partial charge in [-0.1, -0.05) is 36.0 Å². The molecule has 1 aliphatic heterocycles. The van der Waals surface area contributed by atoms with E-state index >= 15 is 0 Å². The molecule has 20 heavy (non-hydrogen) atoms. The maximum absolute atomic E-state index is 12.1. The Morgan fingerprint density at radius 2 is 2.15 bits per heavy atom. The number of carbonyl (C=O) groups excluding carboxylic acids is 1. The van der Waals surface area contributed by atoms with E-state index in [0.717, 1.165) is 5.69 Å². The van der Waals surface area contributed by atoms with E-state index in [1.165, 1.54) is 16.7 Å². The van der Waals surface area contributed by atoms with Crippen LogP contribution in [0.25, 0.3) is 0 Å². The van der Waals surface area contributed by atoms with Crippen molar-refractivity contribution in [3.05, 3.63) is 43.0 Å². The van der Waals surface area contributed by atoms with Gasteiger partial charge in [0.25, 0.3) is 0 Å². The summed E-state index contributed by atoms with van der Waals surface area (Å²) in [5, 5.41) is 8.74. The number of amidine groups is 1. The van der Waals surface area contributed by atoms with Gasteiger partial charge in [0.15, 0.2) is 5.17 Å². The zero-order valence-corrected chi connectivity index (χ0v) is 11.5. The lowest BCUT2D eigenvalue weighted by atomic mass is 10.2. The summed E-state index contributed by atoms with van der Waals surface area (Å²) in [5.41, 5.74) is 0.729. The zero-order chi connectivity index (χ0) is 14.5. The van der Waals surface area contributed by atoms with Crippen molar-refractivity contribution in [2.45, 2.75) is 11.7 Å². The van der Waals surface area contributed by atoms with E-state index in [-0.39, 0.29) is 12.3 Å². The Kier molecular flexibility index (Phi) is 4.57. The van der Waals surface area contributed by atoms with Crippen LogP contribution >= 0.6 is 11.8 Å². The Morgan fingerprint density at radius 1 is 1.45 bits per heavy atom. The molecule has 0 radical (unpaired) electrons. The third-order valence-corrected chi connectivity index (χ3v) is 3.85. The summed E-state index contributed by atoms with van der Waals surface area (Å²) in [5.74, 6) is -1.22. The first-order valence-electron chi connectivity index (χ1n) is 6.06. The fourth-order valence-corrected chi connectivity index (χ4v) is 2.95. The summed E-state index contributed by atoms with van der Waals surface area (Å²) in [6, 6.07) is 9.25. The molecule has 5 nitrogen and oxygen atoms in total. The van der Waals surface area contributed by atoms with Gasteiger partial charge in [-0.05, 0) is 12.1 Å². The summed E-state index contributed by atoms with van der Waals surface area (Å²) >= 11 is 1.19. The average Bonchev–Trinajstić information content (AvgIpc) is 2.68. The van der Waals surface area contributed by atoms with Crippen molar-refractivity contribution < 1.29 is 14.7 Å². The molecule has 104 valence electrons. The van der Waals surface area contributed by atoms with E-state index in [9.17, 15) is 9.59 Å². The standard InChI is InChI=1S/C14H14N2O3S/c1-2-8-16-13(19)11(9-12(17)18)20-14(16)15-10-6-4-3-5-7-10/h2-7,11H,1,8-9H2,(H,17,18). The van der Waals surface area contributed by atoms with Gasteiger partial charge in [-0.25, -0.2) is 4.99 Å². The number of hydrogen-bond acceptors (Lipinski definition) is 4. The van der Waals surface area contributed by atoms with Crippen LogP contribution in [0.4, 0.5) is 5.69 Å². The maximum Gasteiger partial charge on any atom is 0.305 e. The molecule has 1 aromatic carbocycles. The minimum atomic E-state index is -0.990. The lowest BCUT2D eigenvalue weighted by molar-refractivity contribution is -0.139. The molecule has 0 saturated carbocycles. The van der Waals surface area contributed by atoms with E-state index in [4.69, 9.17) is 5.11 Å². The Morgan fingerprint density at radius 3 is 2.75 bits per heavy atom. The lowest BCUT2D eigenvalue weighted by Crippen LogP contribution is -2.32. The molecule has 1 aliphatic rings. The van der Waals surface area contributed by atoms with E-state index in [2.05, 4.69) is 11.6 Å². The van der Waals surface area contributed by atoms with Gasteiger partial charge >= 0.3 is 5.97 Å². The second kappa shape index (κ2) is 6.38. The number of para-hydroxylation sites is 1. The molecule has 1 fully saturated rings.